The SMILES string of the molecule is CCCCOCCN(CCCl)C(CC)CC. The lowest BCUT2D eigenvalue weighted by Gasteiger charge is -2.29. The fraction of sp³-hybridized carbons (Fsp3) is 1.00. The summed E-state index contributed by atoms with van der Waals surface area (Å²) >= 11 is 5.83. The van der Waals surface area contributed by atoms with Crippen LogP contribution in [0.15, 0.2) is 0 Å². The lowest BCUT2D eigenvalue weighted by Crippen LogP contribution is -2.38. The predicted molar refractivity (Wildman–Crippen MR) is 72.4 cm³/mol. The van der Waals surface area contributed by atoms with Crippen LogP contribution in [-0.2, 0) is 4.74 Å². The van der Waals surface area contributed by atoms with E-state index in [4.69, 9.17) is 16.3 Å². The van der Waals surface area contributed by atoms with Gasteiger partial charge in [0.05, 0.1) is 6.61 Å². The second-order valence-electron chi connectivity index (χ2n) is 4.16. The van der Waals surface area contributed by atoms with Gasteiger partial charge in [0.15, 0.2) is 0 Å². The van der Waals surface area contributed by atoms with Gasteiger partial charge in [0.25, 0.3) is 0 Å². The number of hydrogen-bond donors (Lipinski definition) is 0. The number of alkyl halides is 1. The van der Waals surface area contributed by atoms with Crippen LogP contribution in [-0.4, -0.2) is 43.1 Å². The van der Waals surface area contributed by atoms with E-state index in [1.54, 1.807) is 0 Å². The molecular weight excluding hydrogens is 222 g/mol. The second kappa shape index (κ2) is 11.7. The lowest BCUT2D eigenvalue weighted by atomic mass is 10.1. The van der Waals surface area contributed by atoms with Crippen LogP contribution in [0.3, 0.4) is 0 Å². The maximum atomic E-state index is 5.83. The number of rotatable bonds is 11. The number of unbranched alkanes of at least 4 members (excludes halogenated alkanes) is 1. The van der Waals surface area contributed by atoms with Crippen molar-refractivity contribution in [1.29, 1.82) is 0 Å². The fourth-order valence-electron chi connectivity index (χ4n) is 1.92. The van der Waals surface area contributed by atoms with Gasteiger partial charge in [-0.15, -0.1) is 11.6 Å². The lowest BCUT2D eigenvalue weighted by molar-refractivity contribution is 0.0856. The van der Waals surface area contributed by atoms with Gasteiger partial charge in [-0.3, -0.25) is 4.90 Å². The van der Waals surface area contributed by atoms with Gasteiger partial charge in [0, 0.05) is 31.6 Å². The highest BCUT2D eigenvalue weighted by molar-refractivity contribution is 6.18. The molecule has 0 heterocycles. The summed E-state index contributed by atoms with van der Waals surface area (Å²) < 4.78 is 5.61. The van der Waals surface area contributed by atoms with Gasteiger partial charge in [0.1, 0.15) is 0 Å². The van der Waals surface area contributed by atoms with Crippen LogP contribution in [0, 0.1) is 0 Å². The third-order valence-corrected chi connectivity index (χ3v) is 3.16. The van der Waals surface area contributed by atoms with Crippen LogP contribution in [0.1, 0.15) is 46.5 Å². The van der Waals surface area contributed by atoms with E-state index >= 15 is 0 Å². The molecule has 0 amide bonds. The number of hydrogen-bond acceptors (Lipinski definition) is 2. The fourth-order valence-corrected chi connectivity index (χ4v) is 2.14. The summed E-state index contributed by atoms with van der Waals surface area (Å²) in [4.78, 5) is 2.46. The minimum atomic E-state index is 0.661. The Morgan fingerprint density at radius 2 is 1.75 bits per heavy atom. The Kier molecular flexibility index (Phi) is 11.8. The molecule has 0 unspecified atom stereocenters. The first-order valence-corrected chi connectivity index (χ1v) is 7.21. The minimum absolute atomic E-state index is 0.661. The second-order valence-corrected chi connectivity index (χ2v) is 4.54. The molecule has 0 fully saturated rings. The zero-order valence-corrected chi connectivity index (χ0v) is 11.9. The number of halogens is 1. The summed E-state index contributed by atoms with van der Waals surface area (Å²) in [7, 11) is 0. The van der Waals surface area contributed by atoms with E-state index in [2.05, 4.69) is 25.7 Å². The van der Waals surface area contributed by atoms with Crippen molar-refractivity contribution in [2.45, 2.75) is 52.5 Å². The van der Waals surface area contributed by atoms with Crippen molar-refractivity contribution >= 4 is 11.6 Å². The maximum Gasteiger partial charge on any atom is 0.0593 e. The molecule has 3 heteroatoms. The normalized spacial score (nSPS) is 11.6. The molecule has 0 N–H and O–H groups in total. The van der Waals surface area contributed by atoms with E-state index in [9.17, 15) is 0 Å². The number of nitrogens with zero attached hydrogens (tertiary/aromatic N) is 1. The molecule has 0 atom stereocenters. The van der Waals surface area contributed by atoms with Crippen molar-refractivity contribution in [3.8, 4) is 0 Å². The molecule has 0 saturated carbocycles. The molecule has 0 aliphatic carbocycles. The Morgan fingerprint density at radius 3 is 2.25 bits per heavy atom. The van der Waals surface area contributed by atoms with Gasteiger partial charge >= 0.3 is 0 Å². The van der Waals surface area contributed by atoms with Gasteiger partial charge < -0.3 is 4.74 Å². The first-order chi connectivity index (χ1) is 7.79. The highest BCUT2D eigenvalue weighted by atomic mass is 35.5. The van der Waals surface area contributed by atoms with Crippen LogP contribution >= 0.6 is 11.6 Å². The van der Waals surface area contributed by atoms with Crippen molar-refractivity contribution in [3.63, 3.8) is 0 Å². The molecule has 0 aliphatic heterocycles. The highest BCUT2D eigenvalue weighted by Gasteiger charge is 2.13. The summed E-state index contributed by atoms with van der Waals surface area (Å²) in [5, 5.41) is 0. The molecular formula is C13H28ClNO. The Morgan fingerprint density at radius 1 is 1.06 bits per heavy atom. The molecule has 16 heavy (non-hydrogen) atoms. The molecule has 2 nitrogen and oxygen atoms in total. The predicted octanol–water partition coefficient (Wildman–Crippen LogP) is 3.53. The minimum Gasteiger partial charge on any atom is -0.380 e. The molecule has 0 spiro atoms. The van der Waals surface area contributed by atoms with Gasteiger partial charge in [-0.2, -0.15) is 0 Å². The summed E-state index contributed by atoms with van der Waals surface area (Å²) in [5.41, 5.74) is 0. The van der Waals surface area contributed by atoms with E-state index in [1.807, 2.05) is 0 Å². The third kappa shape index (κ3) is 7.48. The zero-order chi connectivity index (χ0) is 12.2. The summed E-state index contributed by atoms with van der Waals surface area (Å²) in [6.45, 7) is 10.4. The Hall–Kier alpha value is 0.210. The van der Waals surface area contributed by atoms with Gasteiger partial charge in [-0.05, 0) is 19.3 Å². The average molecular weight is 250 g/mol. The Balaban J connectivity index is 3.74. The van der Waals surface area contributed by atoms with Crippen LogP contribution in [0.2, 0.25) is 0 Å². The highest BCUT2D eigenvalue weighted by Crippen LogP contribution is 2.08. The van der Waals surface area contributed by atoms with Gasteiger partial charge in [-0.1, -0.05) is 27.2 Å². The Bertz CT molecular complexity index is 140. The van der Waals surface area contributed by atoms with Crippen molar-refractivity contribution in [2.24, 2.45) is 0 Å². The molecule has 0 aromatic heterocycles. The van der Waals surface area contributed by atoms with E-state index in [0.29, 0.717) is 11.9 Å². The molecule has 0 aromatic carbocycles. The first kappa shape index (κ1) is 16.2. The van der Waals surface area contributed by atoms with Crippen LogP contribution in [0.25, 0.3) is 0 Å². The van der Waals surface area contributed by atoms with Crippen molar-refractivity contribution in [1.82, 2.24) is 4.90 Å². The van der Waals surface area contributed by atoms with E-state index in [-0.39, 0.29) is 0 Å². The van der Waals surface area contributed by atoms with Crippen LogP contribution < -0.4 is 0 Å². The standard InChI is InChI=1S/C13H28ClNO/c1-4-7-11-16-12-10-15(9-8-14)13(5-2)6-3/h13H,4-12H2,1-3H3. The van der Waals surface area contributed by atoms with Gasteiger partial charge in [-0.25, -0.2) is 0 Å². The molecule has 0 saturated heterocycles. The summed E-state index contributed by atoms with van der Waals surface area (Å²) in [5.74, 6) is 0.714. The van der Waals surface area contributed by atoms with E-state index < -0.39 is 0 Å². The molecule has 0 radical (unpaired) electrons. The smallest absolute Gasteiger partial charge is 0.0593 e. The summed E-state index contributed by atoms with van der Waals surface area (Å²) in [6.07, 6.45) is 4.77. The molecule has 98 valence electrons. The largest absolute Gasteiger partial charge is 0.380 e. The molecule has 0 aliphatic rings. The van der Waals surface area contributed by atoms with E-state index in [0.717, 1.165) is 26.3 Å². The van der Waals surface area contributed by atoms with Crippen LogP contribution in [0.5, 0.6) is 0 Å². The zero-order valence-electron chi connectivity index (χ0n) is 11.2. The van der Waals surface area contributed by atoms with Crippen molar-refractivity contribution < 1.29 is 4.74 Å². The molecule has 0 bridgehead atoms. The van der Waals surface area contributed by atoms with Gasteiger partial charge in [0.2, 0.25) is 0 Å². The molecule has 0 rings (SSSR count). The first-order valence-electron chi connectivity index (χ1n) is 6.67. The average Bonchev–Trinajstić information content (AvgIpc) is 2.30. The van der Waals surface area contributed by atoms with Crippen molar-refractivity contribution in [2.75, 3.05) is 32.2 Å². The third-order valence-electron chi connectivity index (χ3n) is 3.00. The molecule has 0 aromatic rings. The van der Waals surface area contributed by atoms with Crippen molar-refractivity contribution in [3.05, 3.63) is 0 Å². The number of ether oxygens (including phenoxy) is 1. The summed E-state index contributed by atoms with van der Waals surface area (Å²) in [6, 6.07) is 0.661. The van der Waals surface area contributed by atoms with Crippen LogP contribution in [0.4, 0.5) is 0 Å². The quantitative estimate of drug-likeness (QED) is 0.410. The Labute approximate surface area is 106 Å². The van der Waals surface area contributed by atoms with E-state index in [1.165, 1.54) is 25.7 Å². The maximum absolute atomic E-state index is 5.83. The monoisotopic (exact) mass is 249 g/mol. The topological polar surface area (TPSA) is 12.5 Å².